The van der Waals surface area contributed by atoms with Crippen molar-refractivity contribution >= 4 is 22.4 Å². The molecule has 1 heterocycles. The number of ketones is 1. The lowest BCUT2D eigenvalue weighted by Crippen LogP contribution is -2.09. The van der Waals surface area contributed by atoms with Crippen LogP contribution in [0.4, 0.5) is 5.69 Å². The van der Waals surface area contributed by atoms with Gasteiger partial charge in [-0.15, -0.1) is 0 Å². The minimum absolute atomic E-state index is 0.256. The molecule has 0 bridgehead atoms. The van der Waals surface area contributed by atoms with Crippen molar-refractivity contribution in [3.05, 3.63) is 63.9 Å². The predicted molar refractivity (Wildman–Crippen MR) is 73.2 cm³/mol. The fourth-order valence-electron chi connectivity index (χ4n) is 2.13. The Bertz CT molecular complexity index is 830. The Labute approximate surface area is 108 Å². The van der Waals surface area contributed by atoms with Crippen LogP contribution in [0.2, 0.25) is 0 Å². The topological polar surface area (TPSA) is 91.7 Å². The number of benzene rings is 2. The van der Waals surface area contributed by atoms with Crippen LogP contribution in [0, 0.1) is 0 Å². The number of aromatic amines is 2. The van der Waals surface area contributed by atoms with Gasteiger partial charge in [0.25, 0.3) is 5.56 Å². The summed E-state index contributed by atoms with van der Waals surface area (Å²) in [6.45, 7) is 0. The molecule has 5 nitrogen and oxygen atoms in total. The van der Waals surface area contributed by atoms with E-state index < -0.39 is 0 Å². The molecule has 0 aliphatic carbocycles. The highest BCUT2D eigenvalue weighted by molar-refractivity contribution is 6.17. The highest BCUT2D eigenvalue weighted by Gasteiger charge is 2.17. The molecular weight excluding hydrogens is 242 g/mol. The maximum absolute atomic E-state index is 12.5. The van der Waals surface area contributed by atoms with Crippen molar-refractivity contribution in [3.8, 4) is 0 Å². The summed E-state index contributed by atoms with van der Waals surface area (Å²) in [5, 5.41) is 5.56. The molecule has 3 aromatic rings. The molecule has 0 aliphatic heterocycles. The third-order valence-electron chi connectivity index (χ3n) is 3.05. The number of nitrogen functional groups attached to an aromatic ring is 1. The van der Waals surface area contributed by atoms with E-state index in [2.05, 4.69) is 10.2 Å². The van der Waals surface area contributed by atoms with Gasteiger partial charge in [0.05, 0.1) is 10.9 Å². The molecule has 94 valence electrons. The molecule has 0 atom stereocenters. The fraction of sp³-hybridized carbons (Fsp3) is 0. The van der Waals surface area contributed by atoms with Crippen LogP contribution in [0.15, 0.2) is 47.3 Å². The zero-order valence-corrected chi connectivity index (χ0v) is 9.94. The standard InChI is InChI=1S/C14H11N3O2/c15-10-6-2-1-4-8(10)13(18)9-5-3-7-11-12(9)14(19)17-16-11/h1-7H,15H2,(H2,16,17,19). The van der Waals surface area contributed by atoms with Crippen LogP contribution in [0.3, 0.4) is 0 Å². The Hall–Kier alpha value is -2.82. The summed E-state index contributed by atoms with van der Waals surface area (Å²) in [6, 6.07) is 11.9. The van der Waals surface area contributed by atoms with Crippen LogP contribution in [0.5, 0.6) is 0 Å². The summed E-state index contributed by atoms with van der Waals surface area (Å²) >= 11 is 0. The first-order valence-corrected chi connectivity index (χ1v) is 5.77. The molecule has 4 N–H and O–H groups in total. The number of carbonyl (C=O) groups excluding carboxylic acids is 1. The van der Waals surface area contributed by atoms with E-state index in [9.17, 15) is 9.59 Å². The summed E-state index contributed by atoms with van der Waals surface area (Å²) in [6.07, 6.45) is 0. The second-order valence-electron chi connectivity index (χ2n) is 4.22. The molecule has 0 radical (unpaired) electrons. The number of hydrogen-bond acceptors (Lipinski definition) is 3. The molecular formula is C14H11N3O2. The van der Waals surface area contributed by atoms with Gasteiger partial charge < -0.3 is 5.73 Å². The van der Waals surface area contributed by atoms with Gasteiger partial charge in [0, 0.05) is 16.8 Å². The van der Waals surface area contributed by atoms with Gasteiger partial charge in [-0.25, -0.2) is 0 Å². The SMILES string of the molecule is Nc1ccccc1C(=O)c1cccc2[nH][nH]c(=O)c12. The second kappa shape index (κ2) is 4.13. The summed E-state index contributed by atoms with van der Waals surface area (Å²) in [7, 11) is 0. The molecule has 5 heteroatoms. The van der Waals surface area contributed by atoms with E-state index in [0.717, 1.165) is 0 Å². The van der Waals surface area contributed by atoms with Crippen molar-refractivity contribution in [2.24, 2.45) is 0 Å². The molecule has 0 saturated heterocycles. The summed E-state index contributed by atoms with van der Waals surface area (Å²) in [5.41, 5.74) is 7.24. The predicted octanol–water partition coefficient (Wildman–Crippen LogP) is 1.67. The first kappa shape index (κ1) is 11.3. The Morgan fingerprint density at radius 3 is 2.47 bits per heavy atom. The molecule has 3 rings (SSSR count). The van der Waals surface area contributed by atoms with Gasteiger partial charge in [-0.3, -0.25) is 19.8 Å². The normalized spacial score (nSPS) is 10.7. The number of anilines is 1. The Balaban J connectivity index is 2.26. The zero-order valence-electron chi connectivity index (χ0n) is 9.94. The van der Waals surface area contributed by atoms with E-state index in [1.54, 1.807) is 42.5 Å². The number of fused-ring (bicyclic) bond motifs is 1. The molecule has 0 amide bonds. The summed E-state index contributed by atoms with van der Waals surface area (Å²) in [4.78, 5) is 24.2. The van der Waals surface area contributed by atoms with E-state index in [4.69, 9.17) is 5.73 Å². The van der Waals surface area contributed by atoms with E-state index in [0.29, 0.717) is 27.7 Å². The van der Waals surface area contributed by atoms with Crippen LogP contribution < -0.4 is 11.3 Å². The van der Waals surface area contributed by atoms with Crippen LogP contribution in [0.1, 0.15) is 15.9 Å². The lowest BCUT2D eigenvalue weighted by atomic mass is 9.99. The van der Waals surface area contributed by atoms with E-state index in [-0.39, 0.29) is 11.3 Å². The van der Waals surface area contributed by atoms with Crippen molar-refractivity contribution in [2.75, 3.05) is 5.73 Å². The van der Waals surface area contributed by atoms with Crippen LogP contribution in [-0.4, -0.2) is 16.0 Å². The van der Waals surface area contributed by atoms with Crippen molar-refractivity contribution in [1.82, 2.24) is 10.2 Å². The minimum atomic E-state index is -0.312. The van der Waals surface area contributed by atoms with Crippen LogP contribution in [0.25, 0.3) is 10.9 Å². The van der Waals surface area contributed by atoms with Crippen molar-refractivity contribution in [2.45, 2.75) is 0 Å². The molecule has 2 aromatic carbocycles. The number of para-hydroxylation sites is 1. The number of rotatable bonds is 2. The minimum Gasteiger partial charge on any atom is -0.398 e. The third kappa shape index (κ3) is 1.72. The summed E-state index contributed by atoms with van der Waals surface area (Å²) in [5.74, 6) is -0.256. The fourth-order valence-corrected chi connectivity index (χ4v) is 2.13. The first-order valence-electron chi connectivity index (χ1n) is 5.77. The number of nitrogens with one attached hydrogen (secondary N) is 2. The number of nitrogens with two attached hydrogens (primary N) is 1. The third-order valence-corrected chi connectivity index (χ3v) is 3.05. The van der Waals surface area contributed by atoms with E-state index in [1.165, 1.54) is 0 Å². The second-order valence-corrected chi connectivity index (χ2v) is 4.22. The van der Waals surface area contributed by atoms with Gasteiger partial charge in [-0.2, -0.15) is 0 Å². The number of H-pyrrole nitrogens is 2. The van der Waals surface area contributed by atoms with Crippen molar-refractivity contribution in [1.29, 1.82) is 0 Å². The molecule has 0 aliphatic rings. The van der Waals surface area contributed by atoms with Gasteiger partial charge >= 0.3 is 0 Å². The maximum Gasteiger partial charge on any atom is 0.272 e. The molecule has 0 fully saturated rings. The zero-order chi connectivity index (χ0) is 13.4. The van der Waals surface area contributed by atoms with Gasteiger partial charge in [0.1, 0.15) is 0 Å². The average molecular weight is 253 g/mol. The van der Waals surface area contributed by atoms with Gasteiger partial charge in [-0.1, -0.05) is 24.3 Å². The molecule has 19 heavy (non-hydrogen) atoms. The van der Waals surface area contributed by atoms with E-state index in [1.807, 2.05) is 0 Å². The Kier molecular flexibility index (Phi) is 2.45. The van der Waals surface area contributed by atoms with Crippen molar-refractivity contribution < 1.29 is 4.79 Å². The Morgan fingerprint density at radius 1 is 0.947 bits per heavy atom. The number of carbonyl (C=O) groups is 1. The lowest BCUT2D eigenvalue weighted by Gasteiger charge is -2.05. The Morgan fingerprint density at radius 2 is 1.68 bits per heavy atom. The highest BCUT2D eigenvalue weighted by atomic mass is 16.1. The molecule has 0 unspecified atom stereocenters. The van der Waals surface area contributed by atoms with Gasteiger partial charge in [0.2, 0.25) is 0 Å². The average Bonchev–Trinajstić information content (AvgIpc) is 2.81. The monoisotopic (exact) mass is 253 g/mol. The lowest BCUT2D eigenvalue weighted by molar-refractivity contribution is 0.104. The quantitative estimate of drug-likeness (QED) is 0.479. The van der Waals surface area contributed by atoms with Gasteiger partial charge in [-0.05, 0) is 18.2 Å². The highest BCUT2D eigenvalue weighted by Crippen LogP contribution is 2.20. The number of aromatic nitrogens is 2. The van der Waals surface area contributed by atoms with Gasteiger partial charge in [0.15, 0.2) is 5.78 Å². The summed E-state index contributed by atoms with van der Waals surface area (Å²) < 4.78 is 0. The smallest absolute Gasteiger partial charge is 0.272 e. The molecule has 0 saturated carbocycles. The molecule has 1 aromatic heterocycles. The largest absolute Gasteiger partial charge is 0.398 e. The van der Waals surface area contributed by atoms with E-state index >= 15 is 0 Å². The van der Waals surface area contributed by atoms with Crippen LogP contribution in [-0.2, 0) is 0 Å². The molecule has 0 spiro atoms. The number of hydrogen-bond donors (Lipinski definition) is 3. The van der Waals surface area contributed by atoms with Crippen molar-refractivity contribution in [3.63, 3.8) is 0 Å². The maximum atomic E-state index is 12.5. The first-order chi connectivity index (χ1) is 9.18. The van der Waals surface area contributed by atoms with Crippen LogP contribution >= 0.6 is 0 Å².